The summed E-state index contributed by atoms with van der Waals surface area (Å²) >= 11 is 0. The minimum Gasteiger partial charge on any atom is -0.493 e. The SMILES string of the molecule is COc1ccc(C(C)=O)nc1N. The van der Waals surface area contributed by atoms with Crippen molar-refractivity contribution in [3.63, 3.8) is 0 Å². The molecule has 0 radical (unpaired) electrons. The highest BCUT2D eigenvalue weighted by Gasteiger charge is 2.04. The van der Waals surface area contributed by atoms with Gasteiger partial charge in [0.2, 0.25) is 0 Å². The lowest BCUT2D eigenvalue weighted by Gasteiger charge is -2.03. The molecule has 0 aromatic carbocycles. The number of rotatable bonds is 2. The van der Waals surface area contributed by atoms with Crippen molar-refractivity contribution in [1.82, 2.24) is 4.98 Å². The van der Waals surface area contributed by atoms with E-state index in [0.29, 0.717) is 11.4 Å². The number of aromatic nitrogens is 1. The van der Waals surface area contributed by atoms with E-state index in [0.717, 1.165) is 0 Å². The minimum atomic E-state index is -0.107. The first-order valence-electron chi connectivity index (χ1n) is 3.46. The molecule has 0 aliphatic heterocycles. The molecule has 2 N–H and O–H groups in total. The molecule has 0 fully saturated rings. The first kappa shape index (κ1) is 8.52. The standard InChI is InChI=1S/C8H10N2O2/c1-5(11)6-3-4-7(12-2)8(9)10-6/h3-4H,1-2H3,(H2,9,10). The van der Waals surface area contributed by atoms with Gasteiger partial charge in [-0.25, -0.2) is 4.98 Å². The molecule has 4 nitrogen and oxygen atoms in total. The fourth-order valence-corrected chi connectivity index (χ4v) is 0.831. The molecule has 1 aromatic rings. The second-order valence-electron chi connectivity index (χ2n) is 2.34. The molecule has 0 unspecified atom stereocenters. The topological polar surface area (TPSA) is 65.2 Å². The van der Waals surface area contributed by atoms with E-state index >= 15 is 0 Å². The zero-order valence-corrected chi connectivity index (χ0v) is 7.00. The third-order valence-corrected chi connectivity index (χ3v) is 1.47. The molecule has 12 heavy (non-hydrogen) atoms. The second-order valence-corrected chi connectivity index (χ2v) is 2.34. The maximum Gasteiger partial charge on any atom is 0.178 e. The van der Waals surface area contributed by atoms with Gasteiger partial charge < -0.3 is 10.5 Å². The molecule has 1 aromatic heterocycles. The van der Waals surface area contributed by atoms with Gasteiger partial charge in [0.05, 0.1) is 7.11 Å². The Hall–Kier alpha value is -1.58. The summed E-state index contributed by atoms with van der Waals surface area (Å²) in [4.78, 5) is 14.7. The molecular weight excluding hydrogens is 156 g/mol. The van der Waals surface area contributed by atoms with Crippen molar-refractivity contribution in [1.29, 1.82) is 0 Å². The van der Waals surface area contributed by atoms with Crippen molar-refractivity contribution in [3.8, 4) is 5.75 Å². The molecule has 0 aliphatic rings. The van der Waals surface area contributed by atoms with Gasteiger partial charge in [-0.3, -0.25) is 4.79 Å². The molecule has 0 aliphatic carbocycles. The number of Topliss-reactive ketones (excluding diaryl/α,β-unsaturated/α-hetero) is 1. The van der Waals surface area contributed by atoms with Crippen molar-refractivity contribution in [2.75, 3.05) is 12.8 Å². The number of methoxy groups -OCH3 is 1. The smallest absolute Gasteiger partial charge is 0.178 e. The first-order chi connectivity index (χ1) is 5.65. The number of hydrogen-bond donors (Lipinski definition) is 1. The summed E-state index contributed by atoms with van der Waals surface area (Å²) in [5, 5.41) is 0. The molecule has 0 spiro atoms. The van der Waals surface area contributed by atoms with Crippen molar-refractivity contribution < 1.29 is 9.53 Å². The number of anilines is 1. The van der Waals surface area contributed by atoms with Crippen LogP contribution in [0.2, 0.25) is 0 Å². The predicted octanol–water partition coefficient (Wildman–Crippen LogP) is 0.875. The number of nitrogen functional groups attached to an aromatic ring is 1. The number of carbonyl (C=O) groups excluding carboxylic acids is 1. The Bertz CT molecular complexity index is 310. The van der Waals surface area contributed by atoms with Gasteiger partial charge in [0.1, 0.15) is 5.69 Å². The molecule has 64 valence electrons. The van der Waals surface area contributed by atoms with Crippen LogP contribution in [0.4, 0.5) is 5.82 Å². The molecule has 0 saturated carbocycles. The summed E-state index contributed by atoms with van der Waals surface area (Å²) < 4.78 is 4.88. The predicted molar refractivity (Wildman–Crippen MR) is 45.2 cm³/mol. The van der Waals surface area contributed by atoms with E-state index in [-0.39, 0.29) is 11.6 Å². The van der Waals surface area contributed by atoms with Gasteiger partial charge in [-0.15, -0.1) is 0 Å². The molecule has 0 atom stereocenters. The van der Waals surface area contributed by atoms with Gasteiger partial charge >= 0.3 is 0 Å². The molecule has 0 amide bonds. The van der Waals surface area contributed by atoms with Gasteiger partial charge in [-0.2, -0.15) is 0 Å². The maximum atomic E-state index is 10.8. The van der Waals surface area contributed by atoms with Crippen molar-refractivity contribution in [2.24, 2.45) is 0 Å². The lowest BCUT2D eigenvalue weighted by molar-refractivity contribution is 0.101. The van der Waals surface area contributed by atoms with E-state index in [2.05, 4.69) is 4.98 Å². The first-order valence-corrected chi connectivity index (χ1v) is 3.46. The van der Waals surface area contributed by atoms with Crippen LogP contribution in [-0.2, 0) is 0 Å². The normalized spacial score (nSPS) is 9.50. The van der Waals surface area contributed by atoms with E-state index in [9.17, 15) is 4.79 Å². The Morgan fingerprint density at radius 1 is 1.58 bits per heavy atom. The van der Waals surface area contributed by atoms with E-state index in [4.69, 9.17) is 10.5 Å². The largest absolute Gasteiger partial charge is 0.493 e. The van der Waals surface area contributed by atoms with Crippen LogP contribution in [0.15, 0.2) is 12.1 Å². The summed E-state index contributed by atoms with van der Waals surface area (Å²) in [7, 11) is 1.50. The van der Waals surface area contributed by atoms with Crippen LogP contribution < -0.4 is 10.5 Å². The highest BCUT2D eigenvalue weighted by Crippen LogP contribution is 2.17. The summed E-state index contributed by atoms with van der Waals surface area (Å²) in [5.74, 6) is 0.620. The summed E-state index contributed by atoms with van der Waals surface area (Å²) in [6.07, 6.45) is 0. The van der Waals surface area contributed by atoms with Gasteiger partial charge in [0.15, 0.2) is 17.4 Å². The Morgan fingerprint density at radius 2 is 2.25 bits per heavy atom. The summed E-state index contributed by atoms with van der Waals surface area (Å²) in [6, 6.07) is 3.20. The van der Waals surface area contributed by atoms with Gasteiger partial charge in [-0.1, -0.05) is 0 Å². The highest BCUT2D eigenvalue weighted by molar-refractivity contribution is 5.92. The Morgan fingerprint density at radius 3 is 2.67 bits per heavy atom. The van der Waals surface area contributed by atoms with Crippen LogP contribution in [0.5, 0.6) is 5.75 Å². The molecule has 0 saturated heterocycles. The van der Waals surface area contributed by atoms with Crippen LogP contribution in [0.1, 0.15) is 17.4 Å². The lowest BCUT2D eigenvalue weighted by Crippen LogP contribution is -2.02. The van der Waals surface area contributed by atoms with Crippen molar-refractivity contribution in [3.05, 3.63) is 17.8 Å². The average molecular weight is 166 g/mol. The van der Waals surface area contributed by atoms with Gasteiger partial charge in [0.25, 0.3) is 0 Å². The van der Waals surface area contributed by atoms with E-state index in [1.165, 1.54) is 14.0 Å². The van der Waals surface area contributed by atoms with Crippen LogP contribution in [0.3, 0.4) is 0 Å². The average Bonchev–Trinajstić information content (AvgIpc) is 2.04. The fourth-order valence-electron chi connectivity index (χ4n) is 0.831. The second kappa shape index (κ2) is 3.21. The molecule has 1 heterocycles. The van der Waals surface area contributed by atoms with Crippen LogP contribution in [0, 0.1) is 0 Å². The Balaban J connectivity index is 3.10. The third-order valence-electron chi connectivity index (χ3n) is 1.47. The molecule has 0 bridgehead atoms. The van der Waals surface area contributed by atoms with Gasteiger partial charge in [0, 0.05) is 6.92 Å². The monoisotopic (exact) mass is 166 g/mol. The molecule has 4 heteroatoms. The Kier molecular flexibility index (Phi) is 2.28. The summed E-state index contributed by atoms with van der Waals surface area (Å²) in [5.41, 5.74) is 5.84. The zero-order valence-electron chi connectivity index (χ0n) is 7.00. The number of nitrogens with two attached hydrogens (primary N) is 1. The third kappa shape index (κ3) is 1.53. The number of pyridine rings is 1. The Labute approximate surface area is 70.4 Å². The van der Waals surface area contributed by atoms with Crippen LogP contribution in [-0.4, -0.2) is 17.9 Å². The van der Waals surface area contributed by atoms with Crippen molar-refractivity contribution in [2.45, 2.75) is 6.92 Å². The minimum absolute atomic E-state index is 0.107. The van der Waals surface area contributed by atoms with Gasteiger partial charge in [-0.05, 0) is 12.1 Å². The number of hydrogen-bond acceptors (Lipinski definition) is 4. The molecular formula is C8H10N2O2. The van der Waals surface area contributed by atoms with E-state index in [1.54, 1.807) is 12.1 Å². The highest BCUT2D eigenvalue weighted by atomic mass is 16.5. The number of ketones is 1. The van der Waals surface area contributed by atoms with Crippen molar-refractivity contribution >= 4 is 11.6 Å². The zero-order chi connectivity index (χ0) is 9.14. The molecule has 1 rings (SSSR count). The maximum absolute atomic E-state index is 10.8. The van der Waals surface area contributed by atoms with E-state index < -0.39 is 0 Å². The number of nitrogens with zero attached hydrogens (tertiary/aromatic N) is 1. The summed E-state index contributed by atoms with van der Waals surface area (Å²) in [6.45, 7) is 1.44. The number of ether oxygens (including phenoxy) is 1. The quantitative estimate of drug-likeness (QED) is 0.662. The number of carbonyl (C=O) groups is 1. The fraction of sp³-hybridized carbons (Fsp3) is 0.250. The van der Waals surface area contributed by atoms with Crippen LogP contribution in [0.25, 0.3) is 0 Å². The van der Waals surface area contributed by atoms with E-state index in [1.807, 2.05) is 0 Å². The lowest BCUT2D eigenvalue weighted by atomic mass is 10.2. The van der Waals surface area contributed by atoms with Crippen LogP contribution >= 0.6 is 0 Å².